The van der Waals surface area contributed by atoms with E-state index in [1.54, 1.807) is 13.8 Å². The number of rotatable bonds is 2. The summed E-state index contributed by atoms with van der Waals surface area (Å²) in [6.07, 6.45) is -1.21. The third-order valence-corrected chi connectivity index (χ3v) is 0.884. The fourth-order valence-corrected chi connectivity index (χ4v) is 0.285. The third kappa shape index (κ3) is 5.15. The van der Waals surface area contributed by atoms with E-state index < -0.39 is 12.1 Å². The molecular formula is C5H12CaO3. The molecule has 9 heavy (non-hydrogen) atoms. The van der Waals surface area contributed by atoms with E-state index in [0.29, 0.717) is 0 Å². The molecule has 52 valence electrons. The molecule has 0 heterocycles. The van der Waals surface area contributed by atoms with Gasteiger partial charge in [0.2, 0.25) is 0 Å². The maximum absolute atomic E-state index is 9.89. The summed E-state index contributed by atoms with van der Waals surface area (Å²) < 4.78 is 0. The number of hydrogen-bond donors (Lipinski definition) is 2. The van der Waals surface area contributed by atoms with Crippen LogP contribution in [0.2, 0.25) is 0 Å². The van der Waals surface area contributed by atoms with Crippen LogP contribution in [0.3, 0.4) is 0 Å². The van der Waals surface area contributed by atoms with Gasteiger partial charge in [-0.3, -0.25) is 0 Å². The number of carboxylic acid groups (broad SMARTS) is 1. The summed E-state index contributed by atoms with van der Waals surface area (Å²) in [5.74, 6) is -1.35. The van der Waals surface area contributed by atoms with E-state index in [-0.39, 0.29) is 43.7 Å². The molecule has 0 saturated carbocycles. The van der Waals surface area contributed by atoms with E-state index in [2.05, 4.69) is 0 Å². The van der Waals surface area contributed by atoms with Crippen LogP contribution in [-0.2, 0) is 4.79 Å². The van der Waals surface area contributed by atoms with Crippen LogP contribution in [0.25, 0.3) is 0 Å². The van der Waals surface area contributed by atoms with E-state index in [9.17, 15) is 4.79 Å². The normalized spacial score (nSPS) is 12.4. The zero-order chi connectivity index (χ0) is 6.73. The van der Waals surface area contributed by atoms with Crippen LogP contribution in [0.1, 0.15) is 13.8 Å². The van der Waals surface area contributed by atoms with Crippen molar-refractivity contribution in [3.05, 3.63) is 0 Å². The summed E-state index contributed by atoms with van der Waals surface area (Å²) in [4.78, 5) is 9.89. The van der Waals surface area contributed by atoms with Crippen molar-refractivity contribution < 1.29 is 15.0 Å². The van der Waals surface area contributed by atoms with E-state index in [0.717, 1.165) is 0 Å². The average molecular weight is 160 g/mol. The number of hydrogen-bond acceptors (Lipinski definition) is 2. The Kier molecular flexibility index (Phi) is 7.52. The molecule has 0 aliphatic carbocycles. The fourth-order valence-electron chi connectivity index (χ4n) is 0.285. The third-order valence-electron chi connectivity index (χ3n) is 0.884. The van der Waals surface area contributed by atoms with Crippen molar-refractivity contribution in [1.82, 2.24) is 0 Å². The van der Waals surface area contributed by atoms with Gasteiger partial charge < -0.3 is 10.2 Å². The van der Waals surface area contributed by atoms with Gasteiger partial charge in [0, 0.05) is 0 Å². The SMILES string of the molecule is CC(C)C(O)C(=O)O.[CaH2]. The van der Waals surface area contributed by atoms with Crippen LogP contribution < -0.4 is 0 Å². The molecule has 0 amide bonds. The molecule has 0 fully saturated rings. The molecule has 4 heteroatoms. The molecule has 2 N–H and O–H groups in total. The fraction of sp³-hybridized carbons (Fsp3) is 0.800. The number of aliphatic carboxylic acids is 1. The first-order chi connectivity index (χ1) is 3.55. The van der Waals surface area contributed by atoms with E-state index in [1.165, 1.54) is 0 Å². The van der Waals surface area contributed by atoms with Crippen LogP contribution in [0.5, 0.6) is 0 Å². The van der Waals surface area contributed by atoms with Gasteiger partial charge in [-0.25, -0.2) is 4.79 Å². The molecule has 0 aromatic rings. The summed E-state index contributed by atoms with van der Waals surface area (Å²) in [6.45, 7) is 3.30. The van der Waals surface area contributed by atoms with Crippen molar-refractivity contribution in [3.63, 3.8) is 0 Å². The number of carboxylic acids is 1. The van der Waals surface area contributed by atoms with E-state index in [4.69, 9.17) is 10.2 Å². The monoisotopic (exact) mass is 160 g/mol. The van der Waals surface area contributed by atoms with Crippen LogP contribution in [-0.4, -0.2) is 60.0 Å². The van der Waals surface area contributed by atoms with Crippen molar-refractivity contribution in [1.29, 1.82) is 0 Å². The Bertz CT molecular complexity index is 92.2. The van der Waals surface area contributed by atoms with Gasteiger partial charge in [0.1, 0.15) is 0 Å². The van der Waals surface area contributed by atoms with Gasteiger partial charge in [0.25, 0.3) is 0 Å². The Hall–Kier alpha value is 0.690. The zero-order valence-electron chi connectivity index (χ0n) is 4.96. The first kappa shape index (κ1) is 12.4. The Balaban J connectivity index is 0. The van der Waals surface area contributed by atoms with Gasteiger partial charge in [-0.2, -0.15) is 0 Å². The predicted octanol–water partition coefficient (Wildman–Crippen LogP) is -0.828. The second-order valence-corrected chi connectivity index (χ2v) is 2.03. The molecule has 0 aliphatic rings. The minimum atomic E-state index is -1.21. The summed E-state index contributed by atoms with van der Waals surface area (Å²) >= 11 is 0. The molecule has 0 aromatic carbocycles. The molecule has 0 spiro atoms. The van der Waals surface area contributed by atoms with E-state index >= 15 is 0 Å². The van der Waals surface area contributed by atoms with Crippen LogP contribution in [0.4, 0.5) is 0 Å². The second-order valence-electron chi connectivity index (χ2n) is 2.03. The minimum absolute atomic E-state index is 0. The molecular weight excluding hydrogens is 148 g/mol. The van der Waals surface area contributed by atoms with Gasteiger partial charge in [-0.1, -0.05) is 13.8 Å². The summed E-state index contributed by atoms with van der Waals surface area (Å²) in [5.41, 5.74) is 0. The first-order valence-corrected chi connectivity index (χ1v) is 2.46. The molecule has 0 rings (SSSR count). The molecule has 0 aromatic heterocycles. The second kappa shape index (κ2) is 5.47. The Morgan fingerprint density at radius 3 is 1.78 bits per heavy atom. The van der Waals surface area contributed by atoms with Crippen molar-refractivity contribution in [3.8, 4) is 0 Å². The topological polar surface area (TPSA) is 57.5 Å². The van der Waals surface area contributed by atoms with Crippen molar-refractivity contribution in [2.75, 3.05) is 0 Å². The number of carbonyl (C=O) groups is 1. The summed E-state index contributed by atoms with van der Waals surface area (Å²) in [6, 6.07) is 0. The van der Waals surface area contributed by atoms with Crippen LogP contribution in [0, 0.1) is 5.92 Å². The van der Waals surface area contributed by atoms with Gasteiger partial charge in [0.05, 0.1) is 0 Å². The van der Waals surface area contributed by atoms with E-state index in [1.807, 2.05) is 0 Å². The van der Waals surface area contributed by atoms with Crippen LogP contribution >= 0.6 is 0 Å². The molecule has 0 saturated heterocycles. The number of aliphatic hydroxyl groups excluding tert-OH is 1. The Morgan fingerprint density at radius 2 is 1.78 bits per heavy atom. The molecule has 1 unspecified atom stereocenters. The van der Waals surface area contributed by atoms with Gasteiger partial charge in [-0.05, 0) is 5.92 Å². The zero-order valence-corrected chi connectivity index (χ0v) is 4.96. The Morgan fingerprint density at radius 1 is 1.44 bits per heavy atom. The van der Waals surface area contributed by atoms with Gasteiger partial charge >= 0.3 is 43.7 Å². The standard InChI is InChI=1S/C5H10O3.Ca.2H/c1-3(2)4(6)5(7)8;;;/h3-4,6H,1-2H3,(H,7,8);;;. The summed E-state index contributed by atoms with van der Waals surface area (Å²) in [5, 5.41) is 16.7. The van der Waals surface area contributed by atoms with Gasteiger partial charge in [-0.15, -0.1) is 0 Å². The van der Waals surface area contributed by atoms with Crippen molar-refractivity contribution in [2.24, 2.45) is 5.92 Å². The van der Waals surface area contributed by atoms with Crippen LogP contribution in [0.15, 0.2) is 0 Å². The molecule has 0 bridgehead atoms. The average Bonchev–Trinajstić information content (AvgIpc) is 1.64. The summed E-state index contributed by atoms with van der Waals surface area (Å²) in [7, 11) is 0. The molecule has 0 radical (unpaired) electrons. The van der Waals surface area contributed by atoms with Gasteiger partial charge in [0.15, 0.2) is 6.10 Å². The van der Waals surface area contributed by atoms with Crippen molar-refractivity contribution >= 4 is 43.7 Å². The molecule has 0 aliphatic heterocycles. The van der Waals surface area contributed by atoms with Crippen molar-refractivity contribution in [2.45, 2.75) is 20.0 Å². The first-order valence-electron chi connectivity index (χ1n) is 2.46. The molecule has 1 atom stereocenters. The predicted molar refractivity (Wildman–Crippen MR) is 37.0 cm³/mol. The molecule has 3 nitrogen and oxygen atoms in total. The Labute approximate surface area is 84.1 Å². The quantitative estimate of drug-likeness (QED) is 0.518. The number of aliphatic hydroxyl groups is 1. The maximum atomic E-state index is 9.89.